The number of carbonyl (C=O) groups excluding carboxylic acids is 1. The van der Waals surface area contributed by atoms with Crippen molar-refractivity contribution < 1.29 is 14.3 Å². The zero-order chi connectivity index (χ0) is 13.2. The van der Waals surface area contributed by atoms with Gasteiger partial charge in [0.15, 0.2) is 0 Å². The molecular weight excluding hydrogens is 244 g/mol. The van der Waals surface area contributed by atoms with E-state index in [-0.39, 0.29) is 18.6 Å². The average Bonchev–Trinajstić information content (AvgIpc) is 2.59. The molecule has 3 aliphatic rings. The van der Waals surface area contributed by atoms with Gasteiger partial charge in [-0.05, 0) is 19.3 Å². The first kappa shape index (κ1) is 13.3. The predicted molar refractivity (Wildman–Crippen MR) is 70.9 cm³/mol. The SMILES string of the molecule is CN1C[C@H]2CN(C3CCOCC3)CC[C@@H]2OCC1=O. The second-order valence-electron chi connectivity index (χ2n) is 6.01. The molecule has 3 fully saturated rings. The summed E-state index contributed by atoms with van der Waals surface area (Å²) in [5.41, 5.74) is 0. The van der Waals surface area contributed by atoms with Gasteiger partial charge >= 0.3 is 0 Å². The van der Waals surface area contributed by atoms with E-state index in [0.29, 0.717) is 12.0 Å². The summed E-state index contributed by atoms with van der Waals surface area (Å²) in [5.74, 6) is 0.583. The van der Waals surface area contributed by atoms with Gasteiger partial charge in [-0.1, -0.05) is 0 Å². The van der Waals surface area contributed by atoms with Gasteiger partial charge < -0.3 is 14.4 Å². The van der Waals surface area contributed by atoms with Crippen molar-refractivity contribution in [3.05, 3.63) is 0 Å². The van der Waals surface area contributed by atoms with Gasteiger partial charge in [-0.15, -0.1) is 0 Å². The normalized spacial score (nSPS) is 35.0. The topological polar surface area (TPSA) is 42.0 Å². The summed E-state index contributed by atoms with van der Waals surface area (Å²) >= 11 is 0. The molecule has 0 N–H and O–H groups in total. The number of hydrogen-bond donors (Lipinski definition) is 0. The average molecular weight is 268 g/mol. The Kier molecular flexibility index (Phi) is 4.05. The molecular formula is C14H24N2O3. The number of nitrogens with zero attached hydrogens (tertiary/aromatic N) is 2. The first-order valence-corrected chi connectivity index (χ1v) is 7.41. The van der Waals surface area contributed by atoms with Gasteiger partial charge in [0.1, 0.15) is 6.61 Å². The van der Waals surface area contributed by atoms with Crippen LogP contribution in [0.2, 0.25) is 0 Å². The van der Waals surface area contributed by atoms with Gasteiger partial charge in [-0.2, -0.15) is 0 Å². The molecule has 0 aromatic rings. The van der Waals surface area contributed by atoms with E-state index in [1.165, 1.54) is 0 Å². The molecule has 3 aliphatic heterocycles. The van der Waals surface area contributed by atoms with Gasteiger partial charge in [-0.3, -0.25) is 9.69 Å². The Morgan fingerprint density at radius 2 is 1.95 bits per heavy atom. The van der Waals surface area contributed by atoms with E-state index >= 15 is 0 Å². The van der Waals surface area contributed by atoms with Crippen molar-refractivity contribution in [2.75, 3.05) is 46.5 Å². The van der Waals surface area contributed by atoms with Crippen LogP contribution >= 0.6 is 0 Å². The van der Waals surface area contributed by atoms with Crippen LogP contribution in [0.25, 0.3) is 0 Å². The lowest BCUT2D eigenvalue weighted by Crippen LogP contribution is -2.51. The smallest absolute Gasteiger partial charge is 0.248 e. The molecule has 2 atom stereocenters. The van der Waals surface area contributed by atoms with Crippen molar-refractivity contribution in [2.45, 2.75) is 31.4 Å². The molecule has 1 amide bonds. The van der Waals surface area contributed by atoms with Crippen LogP contribution in [0.3, 0.4) is 0 Å². The van der Waals surface area contributed by atoms with Crippen LogP contribution in [-0.2, 0) is 14.3 Å². The zero-order valence-electron chi connectivity index (χ0n) is 11.7. The van der Waals surface area contributed by atoms with Crippen LogP contribution < -0.4 is 0 Å². The summed E-state index contributed by atoms with van der Waals surface area (Å²) in [6.07, 6.45) is 3.62. The van der Waals surface area contributed by atoms with Gasteiger partial charge in [0.25, 0.3) is 0 Å². The summed E-state index contributed by atoms with van der Waals surface area (Å²) in [6, 6.07) is 0.666. The third-order valence-corrected chi connectivity index (χ3v) is 4.76. The lowest BCUT2D eigenvalue weighted by atomic mass is 9.92. The first-order chi connectivity index (χ1) is 9.24. The Morgan fingerprint density at radius 1 is 1.16 bits per heavy atom. The monoisotopic (exact) mass is 268 g/mol. The van der Waals surface area contributed by atoms with Crippen molar-refractivity contribution in [1.82, 2.24) is 9.80 Å². The number of hydrogen-bond acceptors (Lipinski definition) is 4. The van der Waals surface area contributed by atoms with E-state index in [2.05, 4.69) is 4.90 Å². The fourth-order valence-corrected chi connectivity index (χ4v) is 3.56. The van der Waals surface area contributed by atoms with Crippen molar-refractivity contribution >= 4 is 5.91 Å². The van der Waals surface area contributed by atoms with Crippen LogP contribution in [0.4, 0.5) is 0 Å². The van der Waals surface area contributed by atoms with E-state index in [4.69, 9.17) is 9.47 Å². The van der Waals surface area contributed by atoms with Crippen LogP contribution in [0.1, 0.15) is 19.3 Å². The van der Waals surface area contributed by atoms with E-state index in [1.54, 1.807) is 0 Å². The molecule has 0 aliphatic carbocycles. The van der Waals surface area contributed by atoms with Gasteiger partial charge in [0, 0.05) is 51.9 Å². The minimum absolute atomic E-state index is 0.118. The third kappa shape index (κ3) is 2.93. The standard InChI is InChI=1S/C14H24N2O3/c1-15-8-11-9-16(12-3-6-18-7-4-12)5-2-13(11)19-10-14(15)17/h11-13H,2-10H2,1H3/t11-,13-/m0/s1. The Bertz CT molecular complexity index is 331. The summed E-state index contributed by atoms with van der Waals surface area (Å²) in [6.45, 7) is 5.04. The largest absolute Gasteiger partial charge is 0.381 e. The van der Waals surface area contributed by atoms with Crippen LogP contribution in [0, 0.1) is 5.92 Å². The Labute approximate surface area is 114 Å². The zero-order valence-corrected chi connectivity index (χ0v) is 11.7. The second-order valence-corrected chi connectivity index (χ2v) is 6.01. The summed E-state index contributed by atoms with van der Waals surface area (Å²) < 4.78 is 11.2. The highest BCUT2D eigenvalue weighted by Gasteiger charge is 2.36. The van der Waals surface area contributed by atoms with E-state index < -0.39 is 0 Å². The molecule has 0 aromatic heterocycles. The highest BCUT2D eigenvalue weighted by Crippen LogP contribution is 2.27. The summed E-state index contributed by atoms with van der Waals surface area (Å²) in [7, 11) is 1.89. The van der Waals surface area contributed by atoms with Crippen LogP contribution in [0.5, 0.6) is 0 Å². The molecule has 0 spiro atoms. The minimum Gasteiger partial charge on any atom is -0.381 e. The second kappa shape index (κ2) is 5.77. The number of ether oxygens (including phenoxy) is 2. The van der Waals surface area contributed by atoms with E-state index in [9.17, 15) is 4.79 Å². The van der Waals surface area contributed by atoms with Gasteiger partial charge in [0.2, 0.25) is 5.91 Å². The molecule has 5 nitrogen and oxygen atoms in total. The van der Waals surface area contributed by atoms with Gasteiger partial charge in [-0.25, -0.2) is 0 Å². The molecule has 3 rings (SSSR count). The lowest BCUT2D eigenvalue weighted by Gasteiger charge is -2.42. The molecule has 0 unspecified atom stereocenters. The Balaban J connectivity index is 1.62. The molecule has 3 saturated heterocycles. The highest BCUT2D eigenvalue weighted by atomic mass is 16.5. The maximum absolute atomic E-state index is 11.7. The molecule has 19 heavy (non-hydrogen) atoms. The van der Waals surface area contributed by atoms with Crippen molar-refractivity contribution in [3.63, 3.8) is 0 Å². The molecule has 0 aromatic carbocycles. The van der Waals surface area contributed by atoms with Crippen LogP contribution in [-0.4, -0.2) is 74.4 Å². The molecule has 0 bridgehead atoms. The maximum atomic E-state index is 11.7. The van der Waals surface area contributed by atoms with E-state index in [0.717, 1.165) is 52.1 Å². The summed E-state index contributed by atoms with van der Waals surface area (Å²) in [5, 5.41) is 0. The molecule has 108 valence electrons. The number of rotatable bonds is 1. The summed E-state index contributed by atoms with van der Waals surface area (Å²) in [4.78, 5) is 16.1. The maximum Gasteiger partial charge on any atom is 0.248 e. The Morgan fingerprint density at radius 3 is 2.74 bits per heavy atom. The Hall–Kier alpha value is -0.650. The number of likely N-dealkylation sites (N-methyl/N-ethyl adjacent to an activating group) is 1. The highest BCUT2D eigenvalue weighted by molar-refractivity contribution is 5.77. The lowest BCUT2D eigenvalue weighted by molar-refractivity contribution is -0.133. The minimum atomic E-state index is 0.118. The first-order valence-electron chi connectivity index (χ1n) is 7.41. The number of amides is 1. The van der Waals surface area contributed by atoms with Crippen LogP contribution in [0.15, 0.2) is 0 Å². The predicted octanol–water partition coefficient (Wildman–Crippen LogP) is 0.345. The number of piperidine rings is 1. The fraction of sp³-hybridized carbons (Fsp3) is 0.929. The molecule has 5 heteroatoms. The quantitative estimate of drug-likeness (QED) is 0.688. The number of likely N-dealkylation sites (tertiary alicyclic amines) is 1. The van der Waals surface area contributed by atoms with Crippen molar-refractivity contribution in [2.24, 2.45) is 5.92 Å². The third-order valence-electron chi connectivity index (χ3n) is 4.76. The number of fused-ring (bicyclic) bond motifs is 1. The van der Waals surface area contributed by atoms with Crippen molar-refractivity contribution in [3.8, 4) is 0 Å². The number of carbonyl (C=O) groups is 1. The fourth-order valence-electron chi connectivity index (χ4n) is 3.56. The van der Waals surface area contributed by atoms with Crippen molar-refractivity contribution in [1.29, 1.82) is 0 Å². The molecule has 3 heterocycles. The van der Waals surface area contributed by atoms with E-state index in [1.807, 2.05) is 11.9 Å². The van der Waals surface area contributed by atoms with Gasteiger partial charge in [0.05, 0.1) is 6.10 Å². The molecule has 0 radical (unpaired) electrons. The molecule has 0 saturated carbocycles.